The zero-order valence-corrected chi connectivity index (χ0v) is 20.6. The molecule has 0 saturated heterocycles. The third-order valence-electron chi connectivity index (χ3n) is 5.46. The average Bonchev–Trinajstić information content (AvgIpc) is 3.25. The molecule has 0 aliphatic carbocycles. The molecule has 2 aromatic carbocycles. The van der Waals surface area contributed by atoms with Gasteiger partial charge in [0.05, 0.1) is 31.6 Å². The number of anilines is 1. The normalized spacial score (nSPS) is 10.7. The van der Waals surface area contributed by atoms with Crippen molar-refractivity contribution in [2.75, 3.05) is 12.4 Å². The molecule has 0 bridgehead atoms. The highest BCUT2D eigenvalue weighted by Crippen LogP contribution is 2.30. The van der Waals surface area contributed by atoms with Crippen LogP contribution < -0.4 is 15.6 Å². The van der Waals surface area contributed by atoms with Crippen molar-refractivity contribution < 1.29 is 4.74 Å². The molecule has 2 heterocycles. The van der Waals surface area contributed by atoms with E-state index in [1.54, 1.807) is 19.2 Å². The maximum absolute atomic E-state index is 12.6. The number of nitrogens with zero attached hydrogens (tertiary/aromatic N) is 3. The maximum Gasteiger partial charge on any atom is 0.276 e. The van der Waals surface area contributed by atoms with Crippen LogP contribution in [0.15, 0.2) is 58.5 Å². The van der Waals surface area contributed by atoms with E-state index >= 15 is 0 Å². The second-order valence-electron chi connectivity index (χ2n) is 7.86. The fraction of sp³-hybridized carbons (Fsp3) is 0.231. The zero-order chi connectivity index (χ0) is 24.8. The number of rotatable bonds is 9. The Balaban J connectivity index is 1.49. The van der Waals surface area contributed by atoms with E-state index in [9.17, 15) is 4.79 Å². The monoisotopic (exact) mass is 486 g/mol. The van der Waals surface area contributed by atoms with E-state index in [1.165, 1.54) is 11.8 Å². The van der Waals surface area contributed by atoms with Crippen molar-refractivity contribution in [3.8, 4) is 17.0 Å². The average molecular weight is 487 g/mol. The van der Waals surface area contributed by atoms with E-state index in [1.807, 2.05) is 37.3 Å². The smallest absolute Gasteiger partial charge is 0.276 e. The summed E-state index contributed by atoms with van der Waals surface area (Å²) in [5, 5.41) is 3.89. The summed E-state index contributed by atoms with van der Waals surface area (Å²) in [5.74, 6) is 2.23. The SMILES string of the molecule is [C-]#[N+]c1c(-c2cccc(OC)c2)nc(SCc2cccc(NCc3nc(CC)[nH]c3C)c2)[nH]c1=O. The molecular formula is C26H26N6O2S. The number of benzene rings is 2. The van der Waals surface area contributed by atoms with Crippen molar-refractivity contribution >= 4 is 23.1 Å². The van der Waals surface area contributed by atoms with Crippen molar-refractivity contribution in [1.29, 1.82) is 0 Å². The Labute approximate surface area is 208 Å². The molecule has 35 heavy (non-hydrogen) atoms. The highest BCUT2D eigenvalue weighted by molar-refractivity contribution is 7.98. The van der Waals surface area contributed by atoms with Gasteiger partial charge in [-0.1, -0.05) is 43.0 Å². The molecule has 0 aliphatic rings. The molecule has 0 unspecified atom stereocenters. The van der Waals surface area contributed by atoms with Gasteiger partial charge in [-0.25, -0.2) is 14.8 Å². The van der Waals surface area contributed by atoms with Crippen LogP contribution >= 0.6 is 11.8 Å². The Morgan fingerprint density at radius 3 is 2.71 bits per heavy atom. The number of aryl methyl sites for hydroxylation is 2. The summed E-state index contributed by atoms with van der Waals surface area (Å²) in [6, 6.07) is 15.3. The fourth-order valence-electron chi connectivity index (χ4n) is 3.60. The van der Waals surface area contributed by atoms with Crippen LogP contribution in [-0.4, -0.2) is 27.0 Å². The van der Waals surface area contributed by atoms with Crippen molar-refractivity contribution in [3.05, 3.63) is 93.1 Å². The molecule has 4 rings (SSSR count). The molecule has 8 nitrogen and oxygen atoms in total. The van der Waals surface area contributed by atoms with Gasteiger partial charge in [0.2, 0.25) is 0 Å². The van der Waals surface area contributed by atoms with Crippen molar-refractivity contribution in [2.24, 2.45) is 0 Å². The lowest BCUT2D eigenvalue weighted by Crippen LogP contribution is -2.09. The fourth-order valence-corrected chi connectivity index (χ4v) is 4.41. The number of hydrogen-bond acceptors (Lipinski definition) is 6. The number of aromatic amines is 2. The van der Waals surface area contributed by atoms with E-state index in [-0.39, 0.29) is 5.69 Å². The minimum absolute atomic E-state index is 0.0336. The largest absolute Gasteiger partial charge is 0.497 e. The molecule has 0 amide bonds. The third kappa shape index (κ3) is 5.73. The molecule has 0 atom stereocenters. The molecule has 178 valence electrons. The van der Waals surface area contributed by atoms with E-state index in [0.29, 0.717) is 34.5 Å². The van der Waals surface area contributed by atoms with Crippen molar-refractivity contribution in [1.82, 2.24) is 19.9 Å². The minimum atomic E-state index is -0.452. The Morgan fingerprint density at radius 2 is 1.97 bits per heavy atom. The Bertz CT molecular complexity index is 1440. The van der Waals surface area contributed by atoms with Gasteiger partial charge in [-0.05, 0) is 42.3 Å². The predicted octanol–water partition coefficient (Wildman–Crippen LogP) is 5.49. The number of thioether (sulfide) groups is 1. The summed E-state index contributed by atoms with van der Waals surface area (Å²) in [7, 11) is 1.57. The van der Waals surface area contributed by atoms with Crippen LogP contribution in [0.3, 0.4) is 0 Å². The second kappa shape index (κ2) is 10.9. The van der Waals surface area contributed by atoms with E-state index in [0.717, 1.165) is 34.9 Å². The first-order valence-electron chi connectivity index (χ1n) is 11.2. The molecule has 0 fully saturated rings. The van der Waals surface area contributed by atoms with Gasteiger partial charge in [0.1, 0.15) is 11.6 Å². The van der Waals surface area contributed by atoms with Gasteiger partial charge in [-0.2, -0.15) is 0 Å². The van der Waals surface area contributed by atoms with Gasteiger partial charge < -0.3 is 20.0 Å². The van der Waals surface area contributed by atoms with E-state index < -0.39 is 5.56 Å². The highest BCUT2D eigenvalue weighted by Gasteiger charge is 2.15. The molecule has 0 aliphatic heterocycles. The number of aromatic nitrogens is 4. The Kier molecular flexibility index (Phi) is 7.53. The topological polar surface area (TPSA) is 100 Å². The molecule has 2 aromatic heterocycles. The molecule has 9 heteroatoms. The maximum atomic E-state index is 12.6. The lowest BCUT2D eigenvalue weighted by molar-refractivity contribution is 0.415. The molecule has 0 spiro atoms. The van der Waals surface area contributed by atoms with Gasteiger partial charge in [-0.15, -0.1) is 0 Å². The Morgan fingerprint density at radius 1 is 1.14 bits per heavy atom. The van der Waals surface area contributed by atoms with Gasteiger partial charge in [0.25, 0.3) is 11.2 Å². The molecule has 0 radical (unpaired) electrons. The number of nitrogens with one attached hydrogen (secondary N) is 3. The number of imidazole rings is 1. The lowest BCUT2D eigenvalue weighted by atomic mass is 10.1. The summed E-state index contributed by atoms with van der Waals surface area (Å²) in [6.45, 7) is 12.2. The number of methoxy groups -OCH3 is 1. The van der Waals surface area contributed by atoms with Gasteiger partial charge in [-0.3, -0.25) is 4.79 Å². The van der Waals surface area contributed by atoms with Crippen LogP contribution in [0.25, 0.3) is 16.1 Å². The van der Waals surface area contributed by atoms with Crippen LogP contribution in [0.1, 0.15) is 29.7 Å². The highest BCUT2D eigenvalue weighted by atomic mass is 32.2. The van der Waals surface area contributed by atoms with Crippen LogP contribution in [0.5, 0.6) is 5.75 Å². The number of H-pyrrole nitrogens is 2. The van der Waals surface area contributed by atoms with Gasteiger partial charge in [0, 0.05) is 23.6 Å². The first kappa shape index (κ1) is 24.1. The van der Waals surface area contributed by atoms with Crippen LogP contribution in [0, 0.1) is 13.5 Å². The molecule has 3 N–H and O–H groups in total. The molecular weight excluding hydrogens is 460 g/mol. The van der Waals surface area contributed by atoms with E-state index in [4.69, 9.17) is 11.3 Å². The van der Waals surface area contributed by atoms with Crippen molar-refractivity contribution in [3.63, 3.8) is 0 Å². The molecule has 0 saturated carbocycles. The summed E-state index contributed by atoms with van der Waals surface area (Å²) >= 11 is 1.41. The van der Waals surface area contributed by atoms with Crippen LogP contribution in [-0.2, 0) is 18.7 Å². The summed E-state index contributed by atoms with van der Waals surface area (Å²) in [5.41, 5.74) is 4.67. The standard InChI is InChI=1S/C26H26N6O2S/c1-5-22-29-16(2)21(30-22)14-28-19-10-6-8-17(12-19)15-35-26-31-23(24(27-3)25(33)32-26)18-9-7-11-20(13-18)34-4/h6-13,28H,5,14-15H2,1-2,4H3,(H,29,30)(H,31,32,33). The number of hydrogen-bond donors (Lipinski definition) is 3. The molecule has 4 aromatic rings. The summed E-state index contributed by atoms with van der Waals surface area (Å²) < 4.78 is 5.28. The summed E-state index contributed by atoms with van der Waals surface area (Å²) in [4.78, 5) is 31.2. The Hall–Kier alpha value is -4.03. The summed E-state index contributed by atoms with van der Waals surface area (Å²) in [6.07, 6.45) is 0.875. The third-order valence-corrected chi connectivity index (χ3v) is 6.40. The zero-order valence-electron chi connectivity index (χ0n) is 19.8. The minimum Gasteiger partial charge on any atom is -0.497 e. The quantitative estimate of drug-likeness (QED) is 0.164. The van der Waals surface area contributed by atoms with Crippen molar-refractivity contribution in [2.45, 2.75) is 37.7 Å². The van der Waals surface area contributed by atoms with Gasteiger partial charge in [0.15, 0.2) is 5.16 Å². The lowest BCUT2D eigenvalue weighted by Gasteiger charge is -2.09. The first-order valence-corrected chi connectivity index (χ1v) is 12.2. The van der Waals surface area contributed by atoms with Crippen LogP contribution in [0.2, 0.25) is 0 Å². The first-order chi connectivity index (χ1) is 17.0. The van der Waals surface area contributed by atoms with E-state index in [2.05, 4.69) is 43.1 Å². The second-order valence-corrected chi connectivity index (χ2v) is 8.83. The van der Waals surface area contributed by atoms with Crippen LogP contribution in [0.4, 0.5) is 11.4 Å². The number of ether oxygens (including phenoxy) is 1. The van der Waals surface area contributed by atoms with Gasteiger partial charge >= 0.3 is 0 Å². The predicted molar refractivity (Wildman–Crippen MR) is 139 cm³/mol.